The van der Waals surface area contributed by atoms with Crippen molar-refractivity contribution >= 4 is 5.91 Å². The molecule has 0 aliphatic carbocycles. The van der Waals surface area contributed by atoms with E-state index >= 15 is 0 Å². The Morgan fingerprint density at radius 3 is 2.05 bits per heavy atom. The van der Waals surface area contributed by atoms with Crippen LogP contribution in [0.15, 0.2) is 18.7 Å². The number of amides is 1. The maximum atomic E-state index is 13.1. The number of ether oxygens (including phenoxy) is 1. The third-order valence-electron chi connectivity index (χ3n) is 12.2. The Labute approximate surface area is 256 Å². The number of hydrogen-bond donors (Lipinski definition) is 3. The van der Waals surface area contributed by atoms with Crippen molar-refractivity contribution in [2.75, 3.05) is 6.54 Å². The van der Waals surface area contributed by atoms with E-state index in [0.29, 0.717) is 6.42 Å². The van der Waals surface area contributed by atoms with E-state index in [9.17, 15) is 4.79 Å². The van der Waals surface area contributed by atoms with Crippen LogP contribution in [0.5, 0.6) is 0 Å². The number of rotatable bonds is 15. The number of nitrogens with two attached hydrogens (primary N) is 3. The lowest BCUT2D eigenvalue weighted by molar-refractivity contribution is -0.139. The van der Waals surface area contributed by atoms with Crippen molar-refractivity contribution in [3.63, 3.8) is 0 Å². The number of hydrogen-bond acceptors (Lipinski definition) is 6. The molecular formula is C34H64N6O2. The Bertz CT molecular complexity index is 1050. The van der Waals surface area contributed by atoms with Gasteiger partial charge in [0, 0.05) is 54.4 Å². The molecule has 2 saturated heterocycles. The molecule has 6 atom stereocenters. The second-order valence-corrected chi connectivity index (χ2v) is 17.2. The van der Waals surface area contributed by atoms with Crippen molar-refractivity contribution in [2.45, 2.75) is 158 Å². The van der Waals surface area contributed by atoms with Crippen LogP contribution in [0.4, 0.5) is 0 Å². The second-order valence-electron chi connectivity index (χ2n) is 17.2. The van der Waals surface area contributed by atoms with Crippen LogP contribution in [0.3, 0.4) is 0 Å². The van der Waals surface area contributed by atoms with Crippen molar-refractivity contribution in [1.82, 2.24) is 14.5 Å². The van der Waals surface area contributed by atoms with Crippen molar-refractivity contribution in [3.8, 4) is 0 Å². The highest BCUT2D eigenvalue weighted by atomic mass is 16.6. The van der Waals surface area contributed by atoms with Gasteiger partial charge in [-0.3, -0.25) is 4.79 Å². The van der Waals surface area contributed by atoms with Gasteiger partial charge in [0.2, 0.25) is 5.91 Å². The summed E-state index contributed by atoms with van der Waals surface area (Å²) in [6.07, 6.45) is 10.5. The quantitative estimate of drug-likeness (QED) is 0.220. The van der Waals surface area contributed by atoms with Gasteiger partial charge in [-0.2, -0.15) is 0 Å². The zero-order valence-electron chi connectivity index (χ0n) is 29.0. The maximum Gasteiger partial charge on any atom is 0.222 e. The van der Waals surface area contributed by atoms with Crippen LogP contribution in [0.1, 0.15) is 128 Å². The van der Waals surface area contributed by atoms with Crippen LogP contribution >= 0.6 is 0 Å². The molecule has 0 spiro atoms. The Balaban J connectivity index is 2.01. The van der Waals surface area contributed by atoms with Gasteiger partial charge in [-0.05, 0) is 74.5 Å². The van der Waals surface area contributed by atoms with Crippen LogP contribution < -0.4 is 17.2 Å². The first-order chi connectivity index (χ1) is 19.0. The third kappa shape index (κ3) is 6.92. The zero-order valence-corrected chi connectivity index (χ0v) is 29.0. The molecule has 2 fully saturated rings. The molecule has 8 nitrogen and oxygen atoms in total. The number of aromatic nitrogens is 2. The molecule has 2 aliphatic rings. The summed E-state index contributed by atoms with van der Waals surface area (Å²) in [4.78, 5) is 19.6. The lowest BCUT2D eigenvalue weighted by atomic mass is 9.46. The molecule has 42 heavy (non-hydrogen) atoms. The van der Waals surface area contributed by atoms with Gasteiger partial charge in [0.15, 0.2) is 0 Å². The first kappa shape index (κ1) is 35.0. The fraction of sp³-hybridized carbons (Fsp3) is 0.882. The number of likely N-dealkylation sites (tertiary alicyclic amines) is 1. The zero-order chi connectivity index (χ0) is 32.1. The highest BCUT2D eigenvalue weighted by Gasteiger charge is 2.64. The van der Waals surface area contributed by atoms with E-state index in [4.69, 9.17) is 21.9 Å². The predicted molar refractivity (Wildman–Crippen MR) is 172 cm³/mol. The van der Waals surface area contributed by atoms with Crippen molar-refractivity contribution < 1.29 is 9.53 Å². The van der Waals surface area contributed by atoms with E-state index in [1.54, 1.807) is 0 Å². The van der Waals surface area contributed by atoms with E-state index in [-0.39, 0.29) is 63.4 Å². The second kappa shape index (κ2) is 11.8. The molecule has 1 aromatic rings. The predicted octanol–water partition coefficient (Wildman–Crippen LogP) is 5.85. The molecule has 3 rings (SSSR count). The number of epoxide rings is 1. The summed E-state index contributed by atoms with van der Waals surface area (Å²) in [7, 11) is 0. The van der Waals surface area contributed by atoms with Gasteiger partial charge in [-0.1, -0.05) is 62.3 Å². The lowest BCUT2D eigenvalue weighted by Gasteiger charge is -2.60. The summed E-state index contributed by atoms with van der Waals surface area (Å²) >= 11 is 0. The third-order valence-corrected chi connectivity index (χ3v) is 12.2. The summed E-state index contributed by atoms with van der Waals surface area (Å²) in [6, 6.07) is 0.356. The topological polar surface area (TPSA) is 129 Å². The van der Waals surface area contributed by atoms with Gasteiger partial charge < -0.3 is 31.4 Å². The van der Waals surface area contributed by atoms with Gasteiger partial charge in [-0.15, -0.1) is 0 Å². The van der Waals surface area contributed by atoms with E-state index < -0.39 is 5.54 Å². The maximum absolute atomic E-state index is 13.1. The molecular weight excluding hydrogens is 524 g/mol. The van der Waals surface area contributed by atoms with Crippen molar-refractivity contribution in [2.24, 2.45) is 44.3 Å². The summed E-state index contributed by atoms with van der Waals surface area (Å²) in [5.74, 6) is 0.254. The number of nitrogens with zero attached hydrogens (tertiary/aromatic N) is 3. The van der Waals surface area contributed by atoms with Crippen molar-refractivity contribution in [1.29, 1.82) is 0 Å². The van der Waals surface area contributed by atoms with E-state index in [2.05, 4.69) is 104 Å². The first-order valence-electron chi connectivity index (χ1n) is 16.2. The number of carbonyl (C=O) groups is 1. The molecule has 6 unspecified atom stereocenters. The molecule has 0 saturated carbocycles. The summed E-state index contributed by atoms with van der Waals surface area (Å²) < 4.78 is 8.40. The van der Waals surface area contributed by atoms with Crippen LogP contribution in [-0.4, -0.2) is 56.9 Å². The molecule has 0 radical (unpaired) electrons. The fourth-order valence-corrected chi connectivity index (χ4v) is 8.00. The first-order valence-corrected chi connectivity index (χ1v) is 16.2. The van der Waals surface area contributed by atoms with Crippen LogP contribution in [0.25, 0.3) is 0 Å². The minimum atomic E-state index is -0.393. The monoisotopic (exact) mass is 589 g/mol. The van der Waals surface area contributed by atoms with Crippen LogP contribution in [0.2, 0.25) is 0 Å². The molecule has 242 valence electrons. The normalized spacial score (nSPS) is 24.5. The van der Waals surface area contributed by atoms with Gasteiger partial charge in [0.05, 0.1) is 6.33 Å². The Kier molecular flexibility index (Phi) is 9.83. The Hall–Kier alpha value is -1.48. The molecule has 2 aliphatic heterocycles. The molecule has 3 heterocycles. The summed E-state index contributed by atoms with van der Waals surface area (Å²) in [5.41, 5.74) is 18.2. The van der Waals surface area contributed by atoms with Gasteiger partial charge in [0.25, 0.3) is 0 Å². The van der Waals surface area contributed by atoms with Crippen molar-refractivity contribution in [3.05, 3.63) is 18.7 Å². The molecule has 8 heteroatoms. The van der Waals surface area contributed by atoms with E-state index in [0.717, 1.165) is 38.6 Å². The molecule has 6 N–H and O–H groups in total. The summed E-state index contributed by atoms with van der Waals surface area (Å²) in [6.45, 7) is 28.5. The Morgan fingerprint density at radius 2 is 1.62 bits per heavy atom. The van der Waals surface area contributed by atoms with Gasteiger partial charge >= 0.3 is 0 Å². The molecule has 1 aromatic heterocycles. The average molecular weight is 589 g/mol. The largest absolute Gasteiger partial charge is 0.353 e. The number of imidazole rings is 1. The Morgan fingerprint density at radius 1 is 1.02 bits per heavy atom. The standard InChI is InChI=1S/C34H64N6O2/c1-23(35)18-24(39-17-15-38-22-39)19-29(2,3)33(10,11)34(12,27-28(36)42-27)21-30(4,5)32(8,9)25(20-31(6,7)37)40-16-13-14-26(40)41/h15,17,22-25,27-28H,13-14,16,18-21,35-37H2,1-12H3. The molecule has 1 amide bonds. The minimum absolute atomic E-state index is 0.0355. The van der Waals surface area contributed by atoms with Gasteiger partial charge in [0.1, 0.15) is 12.3 Å². The highest BCUT2D eigenvalue weighted by molar-refractivity contribution is 5.78. The highest BCUT2D eigenvalue weighted by Crippen LogP contribution is 2.65. The van der Waals surface area contributed by atoms with E-state index in [1.165, 1.54) is 0 Å². The average Bonchev–Trinajstić information content (AvgIpc) is 3.19. The minimum Gasteiger partial charge on any atom is -0.353 e. The van der Waals surface area contributed by atoms with Crippen LogP contribution in [0, 0.1) is 27.1 Å². The number of carbonyl (C=O) groups excluding carboxylic acids is 1. The van der Waals surface area contributed by atoms with E-state index in [1.807, 2.05) is 12.5 Å². The van der Waals surface area contributed by atoms with Crippen LogP contribution in [-0.2, 0) is 9.53 Å². The molecule has 0 bridgehead atoms. The SMILES string of the molecule is CC(N)CC(CC(C)(C)C(C)(C)C(C)(CC(C)(C)C(C)(C)C(CC(C)(C)N)N1CCCC1=O)C1OC1N)n1ccnc1. The lowest BCUT2D eigenvalue weighted by Crippen LogP contribution is -2.59. The van der Waals surface area contributed by atoms with Gasteiger partial charge in [-0.25, -0.2) is 4.98 Å². The molecule has 0 aromatic carbocycles. The summed E-state index contributed by atoms with van der Waals surface area (Å²) in [5, 5.41) is 0. The smallest absolute Gasteiger partial charge is 0.222 e. The fourth-order valence-electron chi connectivity index (χ4n) is 8.00.